The van der Waals surface area contributed by atoms with E-state index in [2.05, 4.69) is 5.32 Å². The number of anilines is 1. The Balaban J connectivity index is 1.54. The van der Waals surface area contributed by atoms with Gasteiger partial charge in [-0.15, -0.1) is 0 Å². The van der Waals surface area contributed by atoms with Gasteiger partial charge < -0.3 is 10.2 Å². The van der Waals surface area contributed by atoms with Crippen LogP contribution in [0.4, 0.5) is 5.69 Å². The molecule has 2 aliphatic rings. The van der Waals surface area contributed by atoms with Gasteiger partial charge in [-0.25, -0.2) is 0 Å². The average Bonchev–Trinajstić information content (AvgIpc) is 2.94. The summed E-state index contributed by atoms with van der Waals surface area (Å²) >= 11 is 0. The summed E-state index contributed by atoms with van der Waals surface area (Å²) in [5.74, 6) is 0.753. The molecule has 1 saturated heterocycles. The van der Waals surface area contributed by atoms with E-state index in [-0.39, 0.29) is 11.8 Å². The summed E-state index contributed by atoms with van der Waals surface area (Å²) < 4.78 is 0. The van der Waals surface area contributed by atoms with Crippen LogP contribution in [0.2, 0.25) is 0 Å². The topological polar surface area (TPSA) is 49.4 Å². The number of hydrogen-bond acceptors (Lipinski definition) is 2. The highest BCUT2D eigenvalue weighted by Crippen LogP contribution is 2.27. The van der Waals surface area contributed by atoms with Gasteiger partial charge in [-0.05, 0) is 55.9 Å². The van der Waals surface area contributed by atoms with Gasteiger partial charge in [0.2, 0.25) is 5.91 Å². The lowest BCUT2D eigenvalue weighted by molar-refractivity contribution is -0.117. The van der Waals surface area contributed by atoms with Crippen LogP contribution < -0.4 is 5.32 Å². The zero-order valence-electron chi connectivity index (χ0n) is 14.4. The lowest BCUT2D eigenvalue weighted by Crippen LogP contribution is -2.31. The molecular formula is C20H28N2O2. The van der Waals surface area contributed by atoms with Crippen molar-refractivity contribution >= 4 is 17.5 Å². The van der Waals surface area contributed by atoms with Crippen molar-refractivity contribution in [1.29, 1.82) is 0 Å². The fourth-order valence-corrected chi connectivity index (χ4v) is 3.84. The molecule has 0 unspecified atom stereocenters. The summed E-state index contributed by atoms with van der Waals surface area (Å²) in [7, 11) is 0. The molecule has 1 saturated carbocycles. The van der Waals surface area contributed by atoms with E-state index in [0.29, 0.717) is 17.9 Å². The number of amides is 2. The highest BCUT2D eigenvalue weighted by atomic mass is 16.2. The first kappa shape index (κ1) is 17.0. The third-order valence-electron chi connectivity index (χ3n) is 5.26. The Morgan fingerprint density at radius 3 is 2.17 bits per heavy atom. The number of nitrogens with zero attached hydrogens (tertiary/aromatic N) is 1. The van der Waals surface area contributed by atoms with E-state index in [0.717, 1.165) is 31.6 Å². The zero-order chi connectivity index (χ0) is 16.8. The molecule has 24 heavy (non-hydrogen) atoms. The molecule has 1 aliphatic heterocycles. The molecule has 0 atom stereocenters. The maximum absolute atomic E-state index is 12.6. The number of rotatable bonds is 4. The normalized spacial score (nSPS) is 19.1. The van der Waals surface area contributed by atoms with Gasteiger partial charge in [0.05, 0.1) is 0 Å². The third-order valence-corrected chi connectivity index (χ3v) is 5.26. The molecule has 1 aromatic rings. The largest absolute Gasteiger partial charge is 0.339 e. The first-order valence-corrected chi connectivity index (χ1v) is 9.41. The predicted octanol–water partition coefficient (Wildman–Crippen LogP) is 4.22. The van der Waals surface area contributed by atoms with Crippen LogP contribution in [0.25, 0.3) is 0 Å². The minimum absolute atomic E-state index is 0.0912. The molecule has 0 aromatic heterocycles. The van der Waals surface area contributed by atoms with Crippen LogP contribution in [0.1, 0.15) is 68.1 Å². The Hall–Kier alpha value is -1.84. The molecule has 4 nitrogen and oxygen atoms in total. The van der Waals surface area contributed by atoms with Gasteiger partial charge in [-0.2, -0.15) is 0 Å². The van der Waals surface area contributed by atoms with Crippen LogP contribution >= 0.6 is 0 Å². The molecule has 3 rings (SSSR count). The van der Waals surface area contributed by atoms with Crippen molar-refractivity contribution in [2.75, 3.05) is 18.4 Å². The minimum atomic E-state index is 0.0912. The molecule has 130 valence electrons. The van der Waals surface area contributed by atoms with Gasteiger partial charge in [0.1, 0.15) is 0 Å². The molecule has 0 radical (unpaired) electrons. The molecular weight excluding hydrogens is 300 g/mol. The SMILES string of the molecule is O=C(CC1CCCC1)Nc1ccc(C(=O)N2CCCCCC2)cc1. The molecule has 1 N–H and O–H groups in total. The van der Waals surface area contributed by atoms with Gasteiger partial charge in [-0.1, -0.05) is 25.7 Å². The standard InChI is InChI=1S/C20H28N2O2/c23-19(15-16-7-3-4-8-16)21-18-11-9-17(10-12-18)20(24)22-13-5-1-2-6-14-22/h9-12,16H,1-8,13-15H2,(H,21,23). The smallest absolute Gasteiger partial charge is 0.253 e. The number of hydrogen-bond donors (Lipinski definition) is 1. The van der Waals surface area contributed by atoms with E-state index in [9.17, 15) is 9.59 Å². The number of carbonyl (C=O) groups is 2. The van der Waals surface area contributed by atoms with Crippen molar-refractivity contribution < 1.29 is 9.59 Å². The summed E-state index contributed by atoms with van der Waals surface area (Å²) in [4.78, 5) is 26.6. The van der Waals surface area contributed by atoms with Crippen molar-refractivity contribution in [3.8, 4) is 0 Å². The van der Waals surface area contributed by atoms with Crippen molar-refractivity contribution in [2.45, 2.75) is 57.8 Å². The number of nitrogens with one attached hydrogen (secondary N) is 1. The number of benzene rings is 1. The van der Waals surface area contributed by atoms with Gasteiger partial charge in [0.15, 0.2) is 0 Å². The fraction of sp³-hybridized carbons (Fsp3) is 0.600. The van der Waals surface area contributed by atoms with Gasteiger partial charge >= 0.3 is 0 Å². The molecule has 1 aromatic carbocycles. The minimum Gasteiger partial charge on any atom is -0.339 e. The van der Waals surface area contributed by atoms with Gasteiger partial charge in [0, 0.05) is 30.8 Å². The summed E-state index contributed by atoms with van der Waals surface area (Å²) in [6.07, 6.45) is 10.1. The quantitative estimate of drug-likeness (QED) is 0.899. The van der Waals surface area contributed by atoms with E-state index >= 15 is 0 Å². The molecule has 0 bridgehead atoms. The Morgan fingerprint density at radius 1 is 0.917 bits per heavy atom. The highest BCUT2D eigenvalue weighted by Gasteiger charge is 2.19. The first-order chi connectivity index (χ1) is 11.7. The van der Waals surface area contributed by atoms with Crippen molar-refractivity contribution in [1.82, 2.24) is 4.90 Å². The number of carbonyl (C=O) groups excluding carboxylic acids is 2. The van der Waals surface area contributed by atoms with E-state index in [1.807, 2.05) is 29.2 Å². The lowest BCUT2D eigenvalue weighted by Gasteiger charge is -2.20. The van der Waals surface area contributed by atoms with E-state index < -0.39 is 0 Å². The Kier molecular flexibility index (Phi) is 5.89. The second-order valence-electron chi connectivity index (χ2n) is 7.19. The predicted molar refractivity (Wildman–Crippen MR) is 96.0 cm³/mol. The van der Waals surface area contributed by atoms with Gasteiger partial charge in [0.25, 0.3) is 5.91 Å². The molecule has 2 amide bonds. The van der Waals surface area contributed by atoms with Crippen molar-refractivity contribution in [3.05, 3.63) is 29.8 Å². The zero-order valence-corrected chi connectivity index (χ0v) is 14.4. The van der Waals surface area contributed by atoms with Gasteiger partial charge in [-0.3, -0.25) is 9.59 Å². The highest BCUT2D eigenvalue weighted by molar-refractivity contribution is 5.95. The van der Waals surface area contributed by atoms with Crippen LogP contribution in [0, 0.1) is 5.92 Å². The van der Waals surface area contributed by atoms with Crippen LogP contribution in [-0.2, 0) is 4.79 Å². The van der Waals surface area contributed by atoms with Crippen LogP contribution in [0.15, 0.2) is 24.3 Å². The van der Waals surface area contributed by atoms with Crippen LogP contribution in [-0.4, -0.2) is 29.8 Å². The second-order valence-corrected chi connectivity index (χ2v) is 7.19. The monoisotopic (exact) mass is 328 g/mol. The van der Waals surface area contributed by atoms with E-state index in [4.69, 9.17) is 0 Å². The summed E-state index contributed by atoms with van der Waals surface area (Å²) in [5, 5.41) is 2.96. The summed E-state index contributed by atoms with van der Waals surface area (Å²) in [6, 6.07) is 7.35. The number of likely N-dealkylation sites (tertiary alicyclic amines) is 1. The van der Waals surface area contributed by atoms with Crippen molar-refractivity contribution in [2.24, 2.45) is 5.92 Å². The second kappa shape index (κ2) is 8.32. The molecule has 1 aliphatic carbocycles. The Labute approximate surface area is 144 Å². The third kappa shape index (κ3) is 4.59. The molecule has 1 heterocycles. The van der Waals surface area contributed by atoms with E-state index in [1.54, 1.807) is 0 Å². The molecule has 0 spiro atoms. The Bertz CT molecular complexity index is 554. The maximum Gasteiger partial charge on any atom is 0.253 e. The van der Waals surface area contributed by atoms with Crippen molar-refractivity contribution in [3.63, 3.8) is 0 Å². The first-order valence-electron chi connectivity index (χ1n) is 9.41. The lowest BCUT2D eigenvalue weighted by atomic mass is 10.0. The van der Waals surface area contributed by atoms with Crippen LogP contribution in [0.5, 0.6) is 0 Å². The fourth-order valence-electron chi connectivity index (χ4n) is 3.84. The average molecular weight is 328 g/mol. The van der Waals surface area contributed by atoms with E-state index in [1.165, 1.54) is 38.5 Å². The molecule has 4 heteroatoms. The summed E-state index contributed by atoms with van der Waals surface area (Å²) in [5.41, 5.74) is 1.50. The molecule has 2 fully saturated rings. The van der Waals surface area contributed by atoms with Crippen LogP contribution in [0.3, 0.4) is 0 Å². The Morgan fingerprint density at radius 2 is 1.54 bits per heavy atom. The summed E-state index contributed by atoms with van der Waals surface area (Å²) in [6.45, 7) is 1.72. The maximum atomic E-state index is 12.6.